The van der Waals surface area contributed by atoms with Gasteiger partial charge in [0.25, 0.3) is 0 Å². The van der Waals surface area contributed by atoms with Crippen LogP contribution in [0.15, 0.2) is 0 Å². The van der Waals surface area contributed by atoms with E-state index in [-0.39, 0.29) is 59.1 Å². The molecular formula is C8H16Cl2N2O4Pt. The fourth-order valence-corrected chi connectivity index (χ4v) is 0.770. The number of carbonyl (C=O) groups is 2. The second-order valence-electron chi connectivity index (χ2n) is 2.56. The van der Waals surface area contributed by atoms with Gasteiger partial charge in [-0.2, -0.15) is 0 Å². The Hall–Kier alpha value is 0.128. The molecule has 2 atom stereocenters. The van der Waals surface area contributed by atoms with Crippen molar-refractivity contribution in [1.29, 1.82) is 0 Å². The second kappa shape index (κ2) is 14.2. The van der Waals surface area contributed by atoms with Crippen LogP contribution >= 0.6 is 0 Å². The summed E-state index contributed by atoms with van der Waals surface area (Å²) in [5.41, 5.74) is 10.8. The Labute approximate surface area is 127 Å². The standard InChI is InChI=1S/C8H16N2O4.2ClH.Pt/c1-3-13-7(11)5(9)6(10)8(12)14-4-2;;;/h5-6H,3-4,9-10H2,1-2H3;2*1H;/q;;;+2/p-2. The minimum Gasteiger partial charge on any atom is -1.00 e. The van der Waals surface area contributed by atoms with Crippen molar-refractivity contribution in [3.8, 4) is 0 Å². The van der Waals surface area contributed by atoms with Crippen molar-refractivity contribution in [2.45, 2.75) is 25.9 Å². The smallest absolute Gasteiger partial charge is 1.00 e. The van der Waals surface area contributed by atoms with Gasteiger partial charge < -0.3 is 45.8 Å². The molecule has 0 radical (unpaired) electrons. The molecule has 0 aromatic heterocycles. The average molecular weight is 470 g/mol. The number of esters is 2. The van der Waals surface area contributed by atoms with E-state index in [9.17, 15) is 9.59 Å². The molecule has 9 heteroatoms. The van der Waals surface area contributed by atoms with Gasteiger partial charge in [-0.3, -0.25) is 9.59 Å². The summed E-state index contributed by atoms with van der Waals surface area (Å²) in [4.78, 5) is 22.1. The number of hydrogen-bond acceptors (Lipinski definition) is 6. The van der Waals surface area contributed by atoms with Gasteiger partial charge in [-0.15, -0.1) is 0 Å². The number of carbonyl (C=O) groups excluding carboxylic acids is 2. The van der Waals surface area contributed by atoms with Crippen LogP contribution in [0.4, 0.5) is 0 Å². The molecule has 0 aliphatic carbocycles. The third kappa shape index (κ3) is 9.80. The molecule has 0 aliphatic heterocycles. The first-order chi connectivity index (χ1) is 6.54. The quantitative estimate of drug-likeness (QED) is 0.388. The maximum atomic E-state index is 11.1. The summed E-state index contributed by atoms with van der Waals surface area (Å²) in [6.07, 6.45) is 0. The van der Waals surface area contributed by atoms with Crippen LogP contribution in [0.1, 0.15) is 13.8 Å². The monoisotopic (exact) mass is 469 g/mol. The first-order valence-corrected chi connectivity index (χ1v) is 4.39. The predicted octanol–water partition coefficient (Wildman–Crippen LogP) is -7.23. The molecule has 0 aromatic rings. The molecule has 0 fully saturated rings. The van der Waals surface area contributed by atoms with Crippen LogP contribution < -0.4 is 36.3 Å². The van der Waals surface area contributed by atoms with Crippen molar-refractivity contribution in [3.63, 3.8) is 0 Å². The average Bonchev–Trinajstić information content (AvgIpc) is 2.16. The van der Waals surface area contributed by atoms with E-state index >= 15 is 0 Å². The van der Waals surface area contributed by atoms with Crippen molar-refractivity contribution < 1.29 is 64.9 Å². The third-order valence-corrected chi connectivity index (χ3v) is 1.50. The second-order valence-corrected chi connectivity index (χ2v) is 2.56. The molecule has 0 aliphatic rings. The van der Waals surface area contributed by atoms with Gasteiger partial charge in [0.15, 0.2) is 0 Å². The summed E-state index contributed by atoms with van der Waals surface area (Å²) >= 11 is 0. The number of hydrogen-bond donors (Lipinski definition) is 2. The van der Waals surface area contributed by atoms with Gasteiger partial charge in [0.2, 0.25) is 0 Å². The molecule has 2 unspecified atom stereocenters. The van der Waals surface area contributed by atoms with Gasteiger partial charge in [-0.1, -0.05) is 0 Å². The molecule has 0 bridgehead atoms. The van der Waals surface area contributed by atoms with Gasteiger partial charge >= 0.3 is 33.0 Å². The van der Waals surface area contributed by atoms with Gasteiger partial charge in [0, 0.05) is 0 Å². The molecule has 0 amide bonds. The Morgan fingerprint density at radius 1 is 0.941 bits per heavy atom. The van der Waals surface area contributed by atoms with E-state index in [0.29, 0.717) is 0 Å². The predicted molar refractivity (Wildman–Crippen MR) is 49.2 cm³/mol. The third-order valence-electron chi connectivity index (χ3n) is 1.50. The van der Waals surface area contributed by atoms with Crippen LogP contribution in [0.25, 0.3) is 0 Å². The van der Waals surface area contributed by atoms with E-state index < -0.39 is 24.0 Å². The van der Waals surface area contributed by atoms with Gasteiger partial charge in [-0.05, 0) is 13.8 Å². The molecule has 0 rings (SSSR count). The van der Waals surface area contributed by atoms with E-state index in [1.165, 1.54) is 0 Å². The van der Waals surface area contributed by atoms with E-state index in [2.05, 4.69) is 9.47 Å². The number of ether oxygens (including phenoxy) is 2. The summed E-state index contributed by atoms with van der Waals surface area (Å²) in [6, 6.07) is -2.34. The Bertz CT molecular complexity index is 200. The van der Waals surface area contributed by atoms with Crippen LogP contribution in [0.3, 0.4) is 0 Å². The molecule has 106 valence electrons. The first-order valence-electron chi connectivity index (χ1n) is 4.39. The zero-order valence-electron chi connectivity index (χ0n) is 9.43. The molecule has 0 saturated heterocycles. The van der Waals surface area contributed by atoms with Gasteiger partial charge in [0.05, 0.1) is 13.2 Å². The van der Waals surface area contributed by atoms with Crippen molar-refractivity contribution in [2.24, 2.45) is 11.5 Å². The Balaban J connectivity index is -0.000000282. The number of rotatable bonds is 5. The maximum absolute atomic E-state index is 11.1. The fourth-order valence-electron chi connectivity index (χ4n) is 0.770. The van der Waals surface area contributed by atoms with E-state index in [4.69, 9.17) is 11.5 Å². The molecular weight excluding hydrogens is 454 g/mol. The zero-order valence-corrected chi connectivity index (χ0v) is 13.2. The summed E-state index contributed by atoms with van der Waals surface area (Å²) in [5, 5.41) is 0. The minimum absolute atomic E-state index is 0. The van der Waals surface area contributed by atoms with E-state index in [1.807, 2.05) is 0 Å². The molecule has 0 spiro atoms. The number of nitrogens with two attached hydrogens (primary N) is 2. The van der Waals surface area contributed by atoms with Crippen molar-refractivity contribution in [2.75, 3.05) is 13.2 Å². The minimum atomic E-state index is -1.17. The molecule has 0 aromatic carbocycles. The summed E-state index contributed by atoms with van der Waals surface area (Å²) < 4.78 is 9.20. The summed E-state index contributed by atoms with van der Waals surface area (Å²) in [5.74, 6) is -1.40. The fraction of sp³-hybridized carbons (Fsp3) is 0.750. The topological polar surface area (TPSA) is 105 Å². The van der Waals surface area contributed by atoms with Crippen molar-refractivity contribution in [3.05, 3.63) is 0 Å². The van der Waals surface area contributed by atoms with Crippen LogP contribution in [-0.2, 0) is 40.1 Å². The maximum Gasteiger partial charge on any atom is 2.00 e. The number of halogens is 2. The van der Waals surface area contributed by atoms with Gasteiger partial charge in [-0.25, -0.2) is 0 Å². The van der Waals surface area contributed by atoms with Crippen LogP contribution in [0, 0.1) is 0 Å². The zero-order chi connectivity index (χ0) is 11.1. The molecule has 17 heavy (non-hydrogen) atoms. The molecule has 6 nitrogen and oxygen atoms in total. The largest absolute Gasteiger partial charge is 2.00 e. The summed E-state index contributed by atoms with van der Waals surface area (Å²) in [6.45, 7) is 3.67. The Morgan fingerprint density at radius 3 is 1.35 bits per heavy atom. The Kier molecular flexibility index (Phi) is 21.6. The molecule has 0 saturated carbocycles. The van der Waals surface area contributed by atoms with Crippen LogP contribution in [-0.4, -0.2) is 37.2 Å². The van der Waals surface area contributed by atoms with Gasteiger partial charge in [0.1, 0.15) is 12.1 Å². The van der Waals surface area contributed by atoms with E-state index in [0.717, 1.165) is 0 Å². The van der Waals surface area contributed by atoms with Crippen LogP contribution in [0.5, 0.6) is 0 Å². The molecule has 4 N–H and O–H groups in total. The first kappa shape index (κ1) is 25.9. The van der Waals surface area contributed by atoms with Crippen LogP contribution in [0.2, 0.25) is 0 Å². The van der Waals surface area contributed by atoms with E-state index in [1.54, 1.807) is 13.8 Å². The SMILES string of the molecule is CCOC(=O)C(N)C(N)C(=O)OCC.[Cl-].[Cl-].[Pt+2]. The van der Waals surface area contributed by atoms with Crippen molar-refractivity contribution in [1.82, 2.24) is 0 Å². The Morgan fingerprint density at radius 2 is 1.18 bits per heavy atom. The van der Waals surface area contributed by atoms with Crippen molar-refractivity contribution >= 4 is 11.9 Å². The normalized spacial score (nSPS) is 11.8. The molecule has 0 heterocycles. The summed E-state index contributed by atoms with van der Waals surface area (Å²) in [7, 11) is 0.